The van der Waals surface area contributed by atoms with Crippen molar-refractivity contribution < 1.29 is 14.0 Å². The average Bonchev–Trinajstić information content (AvgIpc) is 3.48. The molecule has 0 bridgehead atoms. The minimum atomic E-state index is -0.487. The van der Waals surface area contributed by atoms with Crippen molar-refractivity contribution in [2.45, 2.75) is 12.8 Å². The zero-order valence-electron chi connectivity index (χ0n) is 17.6. The molecule has 8 heteroatoms. The summed E-state index contributed by atoms with van der Waals surface area (Å²) in [4.78, 5) is 32.0. The molecule has 2 fully saturated rings. The van der Waals surface area contributed by atoms with Crippen LogP contribution < -0.4 is 14.7 Å². The first-order chi connectivity index (χ1) is 16.0. The zero-order chi connectivity index (χ0) is 22.9. The van der Waals surface area contributed by atoms with Crippen molar-refractivity contribution in [3.63, 3.8) is 0 Å². The molecule has 0 saturated carbocycles. The van der Waals surface area contributed by atoms with Gasteiger partial charge in [0, 0.05) is 19.2 Å². The lowest BCUT2D eigenvalue weighted by Crippen LogP contribution is -2.56. The number of benzene rings is 2. The monoisotopic (exact) mass is 521 g/mol. The molecule has 0 radical (unpaired) electrons. The van der Waals surface area contributed by atoms with Gasteiger partial charge in [-0.05, 0) is 71.3 Å². The van der Waals surface area contributed by atoms with Crippen molar-refractivity contribution in [2.75, 3.05) is 27.8 Å². The second-order valence-electron chi connectivity index (χ2n) is 7.79. The van der Waals surface area contributed by atoms with Crippen molar-refractivity contribution in [2.24, 2.45) is 0 Å². The van der Waals surface area contributed by atoms with E-state index in [2.05, 4.69) is 20.8 Å². The van der Waals surface area contributed by atoms with Gasteiger partial charge in [0.1, 0.15) is 11.3 Å². The van der Waals surface area contributed by atoms with E-state index in [4.69, 9.17) is 16.6 Å². The first kappa shape index (κ1) is 21.6. The summed E-state index contributed by atoms with van der Waals surface area (Å²) in [5.74, 6) is 0.164. The molecule has 6 nitrogen and oxygen atoms in total. The number of para-hydroxylation sites is 2. The van der Waals surface area contributed by atoms with E-state index in [1.54, 1.807) is 30.3 Å². The molecule has 1 aromatic heterocycles. The number of thiocarbonyl (C=S) groups is 1. The molecule has 5 rings (SSSR count). The molecule has 0 unspecified atom stereocenters. The number of anilines is 3. The highest BCUT2D eigenvalue weighted by molar-refractivity contribution is 9.10. The summed E-state index contributed by atoms with van der Waals surface area (Å²) in [6.07, 6.45) is 3.72. The zero-order valence-corrected chi connectivity index (χ0v) is 20.0. The molecule has 0 atom stereocenters. The van der Waals surface area contributed by atoms with Crippen LogP contribution >= 0.6 is 28.1 Å². The highest BCUT2D eigenvalue weighted by Gasteiger charge is 2.41. The first-order valence-corrected chi connectivity index (χ1v) is 11.8. The van der Waals surface area contributed by atoms with Gasteiger partial charge in [0.2, 0.25) is 5.88 Å². The fourth-order valence-corrected chi connectivity index (χ4v) is 5.00. The third-order valence-corrected chi connectivity index (χ3v) is 6.58. The number of nitrogens with zero attached hydrogens (tertiary/aromatic N) is 3. The van der Waals surface area contributed by atoms with Crippen molar-refractivity contribution in [3.8, 4) is 0 Å². The van der Waals surface area contributed by atoms with Gasteiger partial charge in [-0.25, -0.2) is 0 Å². The Bertz CT molecular complexity index is 1190. The van der Waals surface area contributed by atoms with Crippen molar-refractivity contribution in [1.29, 1.82) is 0 Å². The lowest BCUT2D eigenvalue weighted by Gasteiger charge is -2.36. The highest BCUT2D eigenvalue weighted by atomic mass is 79.9. The number of carbonyl (C=O) groups excluding carboxylic acids is 2. The van der Waals surface area contributed by atoms with Crippen molar-refractivity contribution >= 4 is 68.4 Å². The topological polar surface area (TPSA) is 57.0 Å². The third-order valence-electron chi connectivity index (χ3n) is 5.65. The fourth-order valence-electron chi connectivity index (χ4n) is 4.06. The number of hydrogen-bond donors (Lipinski definition) is 0. The Morgan fingerprint density at radius 2 is 1.36 bits per heavy atom. The summed E-state index contributed by atoms with van der Waals surface area (Å²) in [6, 6.07) is 19.9. The predicted molar refractivity (Wildman–Crippen MR) is 136 cm³/mol. The molecule has 33 heavy (non-hydrogen) atoms. The second kappa shape index (κ2) is 8.96. The molecule has 0 aliphatic carbocycles. The van der Waals surface area contributed by atoms with Gasteiger partial charge in [-0.15, -0.1) is 0 Å². The highest BCUT2D eigenvalue weighted by Crippen LogP contribution is 2.35. The maximum atomic E-state index is 13.5. The number of furan rings is 1. The van der Waals surface area contributed by atoms with E-state index in [1.807, 2.05) is 36.4 Å². The van der Waals surface area contributed by atoms with E-state index in [9.17, 15) is 9.59 Å². The quantitative estimate of drug-likeness (QED) is 0.261. The van der Waals surface area contributed by atoms with Crippen LogP contribution in [0.3, 0.4) is 0 Å². The summed E-state index contributed by atoms with van der Waals surface area (Å²) in [7, 11) is 0. The molecule has 2 amide bonds. The Balaban J connectivity index is 1.59. The number of rotatable bonds is 4. The van der Waals surface area contributed by atoms with Gasteiger partial charge in [0.15, 0.2) is 5.11 Å². The summed E-state index contributed by atoms with van der Waals surface area (Å²) in [5.41, 5.74) is 1.15. The normalized spacial score (nSPS) is 16.7. The first-order valence-electron chi connectivity index (χ1n) is 10.6. The molecular weight excluding hydrogens is 502 g/mol. The molecule has 2 aromatic carbocycles. The molecule has 2 saturated heterocycles. The smallest absolute Gasteiger partial charge is 0.270 e. The van der Waals surface area contributed by atoms with Crippen molar-refractivity contribution in [3.05, 3.63) is 82.5 Å². The maximum Gasteiger partial charge on any atom is 0.270 e. The van der Waals surface area contributed by atoms with E-state index in [-0.39, 0.29) is 10.7 Å². The fraction of sp³-hybridized carbons (Fsp3) is 0.160. The van der Waals surface area contributed by atoms with Crippen LogP contribution in [0.5, 0.6) is 0 Å². The van der Waals surface area contributed by atoms with Gasteiger partial charge in [0.05, 0.1) is 15.8 Å². The molecule has 2 aliphatic rings. The Morgan fingerprint density at radius 1 is 0.848 bits per heavy atom. The molecule has 0 spiro atoms. The van der Waals surface area contributed by atoms with E-state index in [1.165, 1.54) is 15.9 Å². The largest absolute Gasteiger partial charge is 0.440 e. The van der Waals surface area contributed by atoms with Crippen molar-refractivity contribution in [1.82, 2.24) is 0 Å². The minimum absolute atomic E-state index is 0.0227. The summed E-state index contributed by atoms with van der Waals surface area (Å²) >= 11 is 9.18. The van der Waals surface area contributed by atoms with Crippen LogP contribution in [0, 0.1) is 0 Å². The van der Waals surface area contributed by atoms with Gasteiger partial charge in [-0.1, -0.05) is 36.4 Å². The van der Waals surface area contributed by atoms with Crippen LogP contribution in [0.25, 0.3) is 6.08 Å². The molecule has 2 aliphatic heterocycles. The molecule has 3 heterocycles. The third kappa shape index (κ3) is 4.00. The SMILES string of the molecule is O=C1C(=Cc2cc(Br)c(N3CCCC3)o2)C(=O)N(c2ccccc2)C(=S)N1c1ccccc1. The Hall–Kier alpha value is -3.23. The van der Waals surface area contributed by atoms with Crippen LogP contribution in [0.2, 0.25) is 0 Å². The Labute approximate surface area is 205 Å². The van der Waals surface area contributed by atoms with E-state index < -0.39 is 11.8 Å². The van der Waals surface area contributed by atoms with Crippen LogP contribution in [-0.4, -0.2) is 30.0 Å². The maximum absolute atomic E-state index is 13.5. The van der Waals surface area contributed by atoms with E-state index in [0.717, 1.165) is 30.4 Å². The number of amides is 2. The number of halogens is 1. The van der Waals surface area contributed by atoms with Gasteiger partial charge in [0.25, 0.3) is 11.8 Å². The van der Waals surface area contributed by atoms with Gasteiger partial charge in [-0.2, -0.15) is 0 Å². The van der Waals surface area contributed by atoms with Crippen LogP contribution in [-0.2, 0) is 9.59 Å². The van der Waals surface area contributed by atoms with Gasteiger partial charge < -0.3 is 9.32 Å². The van der Waals surface area contributed by atoms with Crippen LogP contribution in [0.15, 0.2) is 81.2 Å². The number of hydrogen-bond acceptors (Lipinski definition) is 5. The molecule has 0 N–H and O–H groups in total. The summed E-state index contributed by atoms with van der Waals surface area (Å²) in [6.45, 7) is 1.83. The summed E-state index contributed by atoms with van der Waals surface area (Å²) < 4.78 is 6.83. The Morgan fingerprint density at radius 3 is 1.88 bits per heavy atom. The van der Waals surface area contributed by atoms with E-state index in [0.29, 0.717) is 23.0 Å². The van der Waals surface area contributed by atoms with E-state index >= 15 is 0 Å². The van der Waals surface area contributed by atoms with Crippen LogP contribution in [0.1, 0.15) is 18.6 Å². The van der Waals surface area contributed by atoms with Gasteiger partial charge in [-0.3, -0.25) is 19.4 Å². The van der Waals surface area contributed by atoms with Gasteiger partial charge >= 0.3 is 0 Å². The molecule has 166 valence electrons. The second-order valence-corrected chi connectivity index (χ2v) is 9.01. The average molecular weight is 522 g/mol. The predicted octanol–water partition coefficient (Wildman–Crippen LogP) is 5.39. The number of carbonyl (C=O) groups is 2. The minimum Gasteiger partial charge on any atom is -0.440 e. The van der Waals surface area contributed by atoms with Crippen LogP contribution in [0.4, 0.5) is 17.3 Å². The Kier molecular flexibility index (Phi) is 5.86. The standard InChI is InChI=1S/C25H20BrN3O3S/c26-21-16-19(32-24(21)27-13-7-8-14-27)15-20-22(30)28(17-9-3-1-4-10-17)25(33)29(23(20)31)18-11-5-2-6-12-18/h1-6,9-12,15-16H,7-8,13-14H2. The molecular formula is C25H20BrN3O3S. The summed E-state index contributed by atoms with van der Waals surface area (Å²) in [5, 5.41) is 0.109. The molecule has 3 aromatic rings. The lowest BCUT2D eigenvalue weighted by molar-refractivity contribution is -0.120. The lowest BCUT2D eigenvalue weighted by atomic mass is 10.1.